The maximum atomic E-state index is 12.7. The lowest BCUT2D eigenvalue weighted by Gasteiger charge is -2.23. The Balaban J connectivity index is 1.23. The van der Waals surface area contributed by atoms with Crippen LogP contribution in [-0.4, -0.2) is 45.9 Å². The molecule has 2 fully saturated rings. The highest BCUT2D eigenvalue weighted by atomic mass is 32.2. The van der Waals surface area contributed by atoms with E-state index in [9.17, 15) is 9.59 Å². The first kappa shape index (κ1) is 21.4. The van der Waals surface area contributed by atoms with Gasteiger partial charge in [-0.1, -0.05) is 56.0 Å². The minimum atomic E-state index is -0.332. The molecule has 1 aromatic carbocycles. The monoisotopic (exact) mass is 443 g/mol. The molecule has 2 heterocycles. The molecule has 0 spiro atoms. The topological polar surface area (TPSA) is 62.3 Å². The Bertz CT molecular complexity index is 849. The van der Waals surface area contributed by atoms with Crippen LogP contribution in [0.25, 0.3) is 10.6 Å². The molecule has 7 heteroatoms. The van der Waals surface area contributed by atoms with Gasteiger partial charge in [0.1, 0.15) is 11.0 Å². The number of carbonyl (C=O) groups excluding carboxylic acids is 2. The molecule has 1 aromatic heterocycles. The van der Waals surface area contributed by atoms with Crippen molar-refractivity contribution in [2.75, 3.05) is 18.2 Å². The summed E-state index contributed by atoms with van der Waals surface area (Å²) in [6.07, 6.45) is 7.37. The number of benzene rings is 1. The summed E-state index contributed by atoms with van der Waals surface area (Å²) in [5.74, 6) is 2.13. The summed E-state index contributed by atoms with van der Waals surface area (Å²) in [7, 11) is 0. The van der Waals surface area contributed by atoms with E-state index in [4.69, 9.17) is 0 Å². The molecular formula is C23H29N3O2S2. The van der Waals surface area contributed by atoms with Crippen molar-refractivity contribution in [2.24, 2.45) is 5.92 Å². The number of amides is 2. The van der Waals surface area contributed by atoms with Crippen molar-refractivity contribution in [3.63, 3.8) is 0 Å². The second kappa shape index (κ2) is 10.4. The Morgan fingerprint density at radius 2 is 1.97 bits per heavy atom. The molecule has 5 nitrogen and oxygen atoms in total. The van der Waals surface area contributed by atoms with E-state index in [0.717, 1.165) is 22.7 Å². The van der Waals surface area contributed by atoms with Crippen LogP contribution in [0, 0.1) is 5.92 Å². The van der Waals surface area contributed by atoms with Crippen molar-refractivity contribution in [1.82, 2.24) is 15.2 Å². The number of aromatic nitrogens is 1. The maximum Gasteiger partial charge on any atom is 0.243 e. The fraction of sp³-hybridized carbons (Fsp3) is 0.522. The van der Waals surface area contributed by atoms with E-state index >= 15 is 0 Å². The van der Waals surface area contributed by atoms with Gasteiger partial charge >= 0.3 is 0 Å². The minimum absolute atomic E-state index is 0.0345. The average Bonchev–Trinajstić information content (AvgIpc) is 3.54. The van der Waals surface area contributed by atoms with Crippen LogP contribution in [0.4, 0.5) is 0 Å². The van der Waals surface area contributed by atoms with Crippen LogP contribution in [0.15, 0.2) is 35.7 Å². The van der Waals surface area contributed by atoms with Gasteiger partial charge in [-0.05, 0) is 12.3 Å². The summed E-state index contributed by atoms with van der Waals surface area (Å²) in [5, 5.41) is 6.08. The van der Waals surface area contributed by atoms with Gasteiger partial charge in [-0.25, -0.2) is 4.98 Å². The Kier molecular flexibility index (Phi) is 7.44. The van der Waals surface area contributed by atoms with Gasteiger partial charge in [-0.15, -0.1) is 23.1 Å². The number of nitrogens with zero attached hydrogens (tertiary/aromatic N) is 2. The van der Waals surface area contributed by atoms with Crippen LogP contribution in [0.5, 0.6) is 0 Å². The van der Waals surface area contributed by atoms with Gasteiger partial charge < -0.3 is 10.2 Å². The molecule has 1 atom stereocenters. The maximum absolute atomic E-state index is 12.7. The molecule has 30 heavy (non-hydrogen) atoms. The predicted molar refractivity (Wildman–Crippen MR) is 123 cm³/mol. The molecule has 2 amide bonds. The van der Waals surface area contributed by atoms with Crippen LogP contribution >= 0.6 is 23.1 Å². The van der Waals surface area contributed by atoms with Gasteiger partial charge in [-0.2, -0.15) is 0 Å². The molecule has 0 bridgehead atoms. The first-order valence-electron chi connectivity index (χ1n) is 10.9. The van der Waals surface area contributed by atoms with Gasteiger partial charge in [-0.3, -0.25) is 9.59 Å². The van der Waals surface area contributed by atoms with Crippen molar-refractivity contribution >= 4 is 34.9 Å². The van der Waals surface area contributed by atoms with Gasteiger partial charge in [0.05, 0.1) is 11.6 Å². The summed E-state index contributed by atoms with van der Waals surface area (Å²) in [5.41, 5.74) is 2.11. The van der Waals surface area contributed by atoms with Crippen molar-refractivity contribution in [3.05, 3.63) is 41.4 Å². The first-order valence-corrected chi connectivity index (χ1v) is 12.9. The normalized spacial score (nSPS) is 19.3. The molecule has 1 aliphatic heterocycles. The highest BCUT2D eigenvalue weighted by Crippen LogP contribution is 2.30. The molecular weight excluding hydrogens is 414 g/mol. The van der Waals surface area contributed by atoms with Gasteiger partial charge in [0.15, 0.2) is 0 Å². The Hall–Kier alpha value is -1.86. The standard InChI is InChI=1S/C23H29N3O2S2/c27-21(11-10-17-6-4-5-7-17)26-16-29-15-20(26)22(28)24-13-12-19-14-30-23(25-19)18-8-2-1-3-9-18/h1-3,8-9,14,17,20H,4-7,10-13,15-16H2,(H,24,28). The van der Waals surface area contributed by atoms with E-state index in [1.807, 2.05) is 18.2 Å². The molecule has 1 N–H and O–H groups in total. The van der Waals surface area contributed by atoms with E-state index < -0.39 is 0 Å². The number of hydrogen-bond donors (Lipinski definition) is 1. The van der Waals surface area contributed by atoms with Crippen LogP contribution in [0.3, 0.4) is 0 Å². The lowest BCUT2D eigenvalue weighted by molar-refractivity contribution is -0.138. The zero-order valence-electron chi connectivity index (χ0n) is 17.2. The van der Waals surface area contributed by atoms with Crippen LogP contribution in [-0.2, 0) is 16.0 Å². The number of thiazole rings is 1. The summed E-state index contributed by atoms with van der Waals surface area (Å²) in [6.45, 7) is 0.544. The van der Waals surface area contributed by atoms with Gasteiger partial charge in [0, 0.05) is 36.1 Å². The highest BCUT2D eigenvalue weighted by molar-refractivity contribution is 7.99. The molecule has 1 saturated heterocycles. The first-order chi connectivity index (χ1) is 14.7. The molecule has 0 radical (unpaired) electrons. The number of nitrogens with one attached hydrogen (secondary N) is 1. The predicted octanol–water partition coefficient (Wildman–Crippen LogP) is 4.34. The third-order valence-corrected chi connectivity index (χ3v) is 7.95. The number of carbonyl (C=O) groups is 2. The second-order valence-corrected chi connectivity index (χ2v) is 9.98. The van der Waals surface area contributed by atoms with E-state index in [0.29, 0.717) is 36.9 Å². The smallest absolute Gasteiger partial charge is 0.243 e. The number of rotatable bonds is 8. The zero-order valence-corrected chi connectivity index (χ0v) is 18.9. The summed E-state index contributed by atoms with van der Waals surface area (Å²) in [4.78, 5) is 31.8. The van der Waals surface area contributed by atoms with Crippen molar-refractivity contribution in [1.29, 1.82) is 0 Å². The lowest BCUT2D eigenvalue weighted by atomic mass is 10.0. The Morgan fingerprint density at radius 1 is 1.17 bits per heavy atom. The lowest BCUT2D eigenvalue weighted by Crippen LogP contribution is -2.47. The highest BCUT2D eigenvalue weighted by Gasteiger charge is 2.34. The molecule has 2 aliphatic rings. The molecule has 2 aromatic rings. The summed E-state index contributed by atoms with van der Waals surface area (Å²) >= 11 is 3.30. The number of thioether (sulfide) groups is 1. The minimum Gasteiger partial charge on any atom is -0.354 e. The van der Waals surface area contributed by atoms with Crippen LogP contribution < -0.4 is 5.32 Å². The Labute approximate surface area is 186 Å². The molecule has 4 rings (SSSR count). The SMILES string of the molecule is O=C(NCCc1csc(-c2ccccc2)n1)C1CSCN1C(=O)CCC1CCCC1. The largest absolute Gasteiger partial charge is 0.354 e. The Morgan fingerprint density at radius 3 is 2.77 bits per heavy atom. The fourth-order valence-electron chi connectivity index (χ4n) is 4.24. The van der Waals surface area contributed by atoms with Crippen molar-refractivity contribution < 1.29 is 9.59 Å². The summed E-state index contributed by atoms with van der Waals surface area (Å²) in [6, 6.07) is 9.80. The zero-order chi connectivity index (χ0) is 20.8. The van der Waals surface area contributed by atoms with Gasteiger partial charge in [0.2, 0.25) is 11.8 Å². The third-order valence-electron chi connectivity index (χ3n) is 6.00. The third kappa shape index (κ3) is 5.43. The van der Waals surface area contributed by atoms with Gasteiger partial charge in [0.25, 0.3) is 0 Å². The van der Waals surface area contributed by atoms with E-state index in [1.54, 1.807) is 28.0 Å². The van der Waals surface area contributed by atoms with E-state index in [-0.39, 0.29) is 17.9 Å². The molecule has 1 saturated carbocycles. The van der Waals surface area contributed by atoms with Crippen LogP contribution in [0.1, 0.15) is 44.2 Å². The van der Waals surface area contributed by atoms with Crippen molar-refractivity contribution in [2.45, 2.75) is 51.0 Å². The average molecular weight is 444 g/mol. The number of hydrogen-bond acceptors (Lipinski definition) is 5. The quantitative estimate of drug-likeness (QED) is 0.659. The molecule has 1 unspecified atom stereocenters. The van der Waals surface area contributed by atoms with Crippen molar-refractivity contribution in [3.8, 4) is 10.6 Å². The van der Waals surface area contributed by atoms with E-state index in [1.165, 1.54) is 25.7 Å². The molecule has 1 aliphatic carbocycles. The fourth-order valence-corrected chi connectivity index (χ4v) is 6.28. The summed E-state index contributed by atoms with van der Waals surface area (Å²) < 4.78 is 0. The van der Waals surface area contributed by atoms with E-state index in [2.05, 4.69) is 27.8 Å². The van der Waals surface area contributed by atoms with Crippen LogP contribution in [0.2, 0.25) is 0 Å². The molecule has 160 valence electrons. The second-order valence-electron chi connectivity index (χ2n) is 8.12.